The molecule has 18 heavy (non-hydrogen) atoms. The normalized spacial score (nSPS) is 10.7. The molecule has 0 aromatic heterocycles. The van der Waals surface area contributed by atoms with E-state index in [1.165, 1.54) is 11.1 Å². The van der Waals surface area contributed by atoms with Crippen LogP contribution in [0.25, 0.3) is 11.1 Å². The molecule has 0 atom stereocenters. The zero-order chi connectivity index (χ0) is 13.1. The average molecular weight is 245 g/mol. The van der Waals surface area contributed by atoms with E-state index in [0.717, 1.165) is 30.5 Å². The van der Waals surface area contributed by atoms with Gasteiger partial charge in [-0.2, -0.15) is 0 Å². The first-order chi connectivity index (χ1) is 8.65. The summed E-state index contributed by atoms with van der Waals surface area (Å²) in [6.45, 7) is 4.17. The summed E-state index contributed by atoms with van der Waals surface area (Å²) in [5.74, 6) is -1.17. The van der Waals surface area contributed by atoms with Gasteiger partial charge in [-0.15, -0.1) is 0 Å². The van der Waals surface area contributed by atoms with Crippen molar-refractivity contribution in [2.45, 2.75) is 26.7 Å². The Hall–Kier alpha value is -1.70. The van der Waals surface area contributed by atoms with Gasteiger partial charge in [0, 0.05) is 11.6 Å². The largest absolute Gasteiger partial charge is 0.207 e. The predicted octanol–water partition coefficient (Wildman–Crippen LogP) is 4.56. The van der Waals surface area contributed by atoms with E-state index in [1.54, 1.807) is 0 Å². The monoisotopic (exact) mass is 245 g/mol. The van der Waals surface area contributed by atoms with E-state index in [0.29, 0.717) is 5.56 Å². The fourth-order valence-electron chi connectivity index (χ4n) is 2.12. The smallest absolute Gasteiger partial charge is 0.134 e. The Bertz CT molecular complexity index is 559. The molecule has 0 amide bonds. The highest BCUT2D eigenvalue weighted by molar-refractivity contribution is 5.65. The summed E-state index contributed by atoms with van der Waals surface area (Å²) in [5, 5.41) is 0. The van der Waals surface area contributed by atoms with Gasteiger partial charge in [0.2, 0.25) is 0 Å². The van der Waals surface area contributed by atoms with Gasteiger partial charge >= 0.3 is 0 Å². The zero-order valence-corrected chi connectivity index (χ0v) is 10.6. The first-order valence-corrected chi connectivity index (χ1v) is 6.14. The molecule has 0 saturated heterocycles. The Morgan fingerprint density at radius 1 is 1.00 bits per heavy atom. The maximum absolute atomic E-state index is 13.7. The summed E-state index contributed by atoms with van der Waals surface area (Å²) in [7, 11) is 0. The third-order valence-electron chi connectivity index (χ3n) is 3.11. The summed E-state index contributed by atoms with van der Waals surface area (Å²) >= 11 is 0. The molecular weight excluding hydrogens is 230 g/mol. The van der Waals surface area contributed by atoms with Crippen LogP contribution in [0.3, 0.4) is 0 Å². The Morgan fingerprint density at radius 2 is 1.72 bits per heavy atom. The van der Waals surface area contributed by atoms with Crippen LogP contribution in [0.2, 0.25) is 0 Å². The third kappa shape index (κ3) is 2.42. The molecule has 0 heterocycles. The minimum Gasteiger partial charge on any atom is -0.207 e. The van der Waals surface area contributed by atoms with Crippen molar-refractivity contribution < 1.29 is 8.78 Å². The van der Waals surface area contributed by atoms with Gasteiger partial charge in [-0.3, -0.25) is 0 Å². The van der Waals surface area contributed by atoms with Gasteiger partial charge in [-0.25, -0.2) is 8.78 Å². The van der Waals surface area contributed by atoms with Gasteiger partial charge < -0.3 is 0 Å². The molecule has 2 aromatic rings. The number of rotatable bonds is 3. The lowest BCUT2D eigenvalue weighted by atomic mass is 9.96. The molecule has 0 unspecified atom stereocenters. The quantitative estimate of drug-likeness (QED) is 0.743. The lowest BCUT2D eigenvalue weighted by molar-refractivity contribution is 0.585. The predicted molar refractivity (Wildman–Crippen MR) is 69.4 cm³/mol. The second-order valence-electron chi connectivity index (χ2n) is 4.23. The van der Waals surface area contributed by atoms with E-state index in [9.17, 15) is 8.78 Å². The molecule has 0 saturated carbocycles. The van der Waals surface area contributed by atoms with Crippen molar-refractivity contribution in [3.05, 3.63) is 59.2 Å². The summed E-state index contributed by atoms with van der Waals surface area (Å²) in [5.41, 5.74) is 3.55. The minimum absolute atomic E-state index is 0.328. The highest BCUT2D eigenvalue weighted by Gasteiger charge is 2.08. The minimum atomic E-state index is -0.600. The summed E-state index contributed by atoms with van der Waals surface area (Å²) in [4.78, 5) is 0. The first kappa shape index (κ1) is 12.7. The second kappa shape index (κ2) is 5.30. The first-order valence-electron chi connectivity index (χ1n) is 6.14. The van der Waals surface area contributed by atoms with Crippen molar-refractivity contribution in [3.8, 4) is 11.1 Å². The molecule has 1 radical (unpaired) electrons. The van der Waals surface area contributed by atoms with E-state index in [2.05, 4.69) is 19.9 Å². The number of benzene rings is 2. The number of hydrogen-bond donors (Lipinski definition) is 0. The number of halogens is 2. The maximum atomic E-state index is 13.7. The highest BCUT2D eigenvalue weighted by atomic mass is 19.1. The molecule has 2 heteroatoms. The van der Waals surface area contributed by atoms with Crippen LogP contribution < -0.4 is 0 Å². The van der Waals surface area contributed by atoms with Gasteiger partial charge in [-0.05, 0) is 41.7 Å². The molecule has 0 bridgehead atoms. The van der Waals surface area contributed by atoms with Crippen LogP contribution in [0, 0.1) is 17.7 Å². The molecule has 0 nitrogen and oxygen atoms in total. The fourth-order valence-corrected chi connectivity index (χ4v) is 2.12. The van der Waals surface area contributed by atoms with Crippen molar-refractivity contribution in [2.75, 3.05) is 0 Å². The molecule has 0 aliphatic rings. The Labute approximate surface area is 106 Å². The fraction of sp³-hybridized carbons (Fsp3) is 0.250. The summed E-state index contributed by atoms with van der Waals surface area (Å²) in [6.07, 6.45) is 1.86. The van der Waals surface area contributed by atoms with Gasteiger partial charge in [-0.1, -0.05) is 32.0 Å². The van der Waals surface area contributed by atoms with Crippen LogP contribution in [0.5, 0.6) is 0 Å². The SMILES string of the molecule is CCc1ccc(-c2[c]cc(F)cc2F)cc1CC. The van der Waals surface area contributed by atoms with Gasteiger partial charge in [0.25, 0.3) is 0 Å². The van der Waals surface area contributed by atoms with Crippen LogP contribution in [0.4, 0.5) is 8.78 Å². The van der Waals surface area contributed by atoms with Crippen molar-refractivity contribution in [1.29, 1.82) is 0 Å². The average Bonchev–Trinajstić information content (AvgIpc) is 2.38. The molecular formula is C16H15F2. The number of aryl methyl sites for hydroxylation is 2. The molecule has 93 valence electrons. The topological polar surface area (TPSA) is 0 Å². The Morgan fingerprint density at radius 3 is 2.33 bits per heavy atom. The van der Waals surface area contributed by atoms with E-state index in [1.807, 2.05) is 18.2 Å². The third-order valence-corrected chi connectivity index (χ3v) is 3.11. The molecule has 2 aromatic carbocycles. The van der Waals surface area contributed by atoms with Gasteiger partial charge in [0.1, 0.15) is 11.6 Å². The van der Waals surface area contributed by atoms with E-state index in [-0.39, 0.29) is 0 Å². The standard InChI is InChI=1S/C16H15F2/c1-3-11-5-6-13(9-12(11)4-2)15-8-7-14(17)10-16(15)18/h5-7,9-10H,3-4H2,1-2H3. The zero-order valence-electron chi connectivity index (χ0n) is 10.6. The lowest BCUT2D eigenvalue weighted by Gasteiger charge is -2.09. The molecule has 0 fully saturated rings. The van der Waals surface area contributed by atoms with E-state index < -0.39 is 11.6 Å². The number of hydrogen-bond acceptors (Lipinski definition) is 0. The Balaban J connectivity index is 2.51. The maximum Gasteiger partial charge on any atom is 0.134 e. The van der Waals surface area contributed by atoms with Crippen LogP contribution in [-0.4, -0.2) is 0 Å². The highest BCUT2D eigenvalue weighted by Crippen LogP contribution is 2.25. The molecule has 0 aliphatic carbocycles. The molecule has 0 spiro atoms. The van der Waals surface area contributed by atoms with Crippen LogP contribution in [0.1, 0.15) is 25.0 Å². The van der Waals surface area contributed by atoms with E-state index >= 15 is 0 Å². The summed E-state index contributed by atoms with van der Waals surface area (Å²) in [6, 6.07) is 10.6. The van der Waals surface area contributed by atoms with Gasteiger partial charge in [0.05, 0.1) is 0 Å². The second-order valence-corrected chi connectivity index (χ2v) is 4.23. The molecule has 0 N–H and O–H groups in total. The van der Waals surface area contributed by atoms with E-state index in [4.69, 9.17) is 0 Å². The van der Waals surface area contributed by atoms with Crippen molar-refractivity contribution >= 4 is 0 Å². The van der Waals surface area contributed by atoms with Crippen LogP contribution in [0.15, 0.2) is 30.3 Å². The van der Waals surface area contributed by atoms with Crippen molar-refractivity contribution in [1.82, 2.24) is 0 Å². The van der Waals surface area contributed by atoms with Crippen molar-refractivity contribution in [2.24, 2.45) is 0 Å². The molecule has 2 rings (SSSR count). The van der Waals surface area contributed by atoms with Crippen LogP contribution in [-0.2, 0) is 12.8 Å². The van der Waals surface area contributed by atoms with Crippen LogP contribution >= 0.6 is 0 Å². The summed E-state index contributed by atoms with van der Waals surface area (Å²) < 4.78 is 26.5. The van der Waals surface area contributed by atoms with Crippen molar-refractivity contribution in [3.63, 3.8) is 0 Å². The lowest BCUT2D eigenvalue weighted by Crippen LogP contribution is -1.93. The molecule has 0 aliphatic heterocycles. The van der Waals surface area contributed by atoms with Gasteiger partial charge in [0.15, 0.2) is 0 Å². The Kier molecular flexibility index (Phi) is 3.75.